The fourth-order valence-corrected chi connectivity index (χ4v) is 3.87. The van der Waals surface area contributed by atoms with Gasteiger partial charge in [-0.1, -0.05) is 11.6 Å². The number of halogens is 1. The molecule has 1 N–H and O–H groups in total. The van der Waals surface area contributed by atoms with Crippen molar-refractivity contribution in [3.05, 3.63) is 35.0 Å². The molecule has 0 unspecified atom stereocenters. The number of piperidine rings is 1. The molecule has 3 rings (SSSR count). The number of fused-ring (bicyclic) bond motifs is 1. The van der Waals surface area contributed by atoms with Crippen LogP contribution in [0.4, 0.5) is 5.69 Å². The number of nitrogens with one attached hydrogen (secondary N) is 1. The fraction of sp³-hybridized carbons (Fsp3) is 0.600. The van der Waals surface area contributed by atoms with Crippen molar-refractivity contribution in [1.29, 1.82) is 0 Å². The van der Waals surface area contributed by atoms with Crippen LogP contribution >= 0.6 is 11.6 Å². The molecule has 1 aliphatic heterocycles. The van der Waals surface area contributed by atoms with Crippen molar-refractivity contribution in [3.63, 3.8) is 0 Å². The molecule has 0 spiro atoms. The van der Waals surface area contributed by atoms with Gasteiger partial charge in [0.05, 0.1) is 16.6 Å². The normalized spacial score (nSPS) is 14.8. The van der Waals surface area contributed by atoms with Crippen LogP contribution in [0.2, 0.25) is 5.02 Å². The molecule has 0 atom stereocenters. The number of rotatable bonds is 8. The number of unbranched alkanes of at least 4 members (excludes halogenated alkanes) is 1. The van der Waals surface area contributed by atoms with Crippen LogP contribution in [0, 0.1) is 6.92 Å². The Morgan fingerprint density at radius 1 is 1.25 bits per heavy atom. The summed E-state index contributed by atoms with van der Waals surface area (Å²) in [6, 6.07) is 6.18. The lowest BCUT2D eigenvalue weighted by atomic mass is 10.0. The molecule has 7 heteroatoms. The van der Waals surface area contributed by atoms with Crippen LogP contribution in [-0.4, -0.2) is 56.5 Å². The Balaban J connectivity index is 0.000000451. The summed E-state index contributed by atoms with van der Waals surface area (Å²) >= 11 is 6.29. The second-order valence-corrected chi connectivity index (χ2v) is 9.55. The van der Waals surface area contributed by atoms with Gasteiger partial charge in [-0.2, -0.15) is 0 Å². The largest absolute Gasteiger partial charge is 0.462 e. The maximum absolute atomic E-state index is 9.60. The van der Waals surface area contributed by atoms with Crippen molar-refractivity contribution in [2.75, 3.05) is 38.2 Å². The van der Waals surface area contributed by atoms with E-state index < -0.39 is 0 Å². The Bertz CT molecular complexity index is 846. The fourth-order valence-electron chi connectivity index (χ4n) is 3.66. The van der Waals surface area contributed by atoms with Gasteiger partial charge in [0.15, 0.2) is 0 Å². The van der Waals surface area contributed by atoms with E-state index in [0.29, 0.717) is 12.6 Å². The Morgan fingerprint density at radius 3 is 2.56 bits per heavy atom. The molecular weight excluding hydrogens is 426 g/mol. The van der Waals surface area contributed by atoms with Gasteiger partial charge in [0.1, 0.15) is 5.60 Å². The third kappa shape index (κ3) is 8.57. The van der Waals surface area contributed by atoms with E-state index in [2.05, 4.69) is 39.0 Å². The Morgan fingerprint density at radius 2 is 1.97 bits per heavy atom. The monoisotopic (exact) mass is 463 g/mol. The highest BCUT2D eigenvalue weighted by atomic mass is 35.5. The molecule has 0 aliphatic carbocycles. The van der Waals surface area contributed by atoms with E-state index in [4.69, 9.17) is 16.3 Å². The van der Waals surface area contributed by atoms with E-state index in [1.165, 1.54) is 17.7 Å². The van der Waals surface area contributed by atoms with Crippen LogP contribution in [0.5, 0.6) is 0 Å². The zero-order chi connectivity index (χ0) is 23.6. The molecule has 178 valence electrons. The highest BCUT2D eigenvalue weighted by molar-refractivity contribution is 6.35. The summed E-state index contributed by atoms with van der Waals surface area (Å²) < 4.78 is 10.6. The first-order valence-electron chi connectivity index (χ1n) is 11.4. The molecule has 32 heavy (non-hydrogen) atoms. The first-order valence-corrected chi connectivity index (χ1v) is 11.8. The number of carbonyl (C=O) groups is 1. The van der Waals surface area contributed by atoms with Gasteiger partial charge in [0, 0.05) is 37.0 Å². The van der Waals surface area contributed by atoms with Gasteiger partial charge in [-0.25, -0.2) is 0 Å². The topological polar surface area (TPSA) is 63.7 Å². The molecule has 1 aromatic carbocycles. The van der Waals surface area contributed by atoms with Crippen molar-refractivity contribution in [3.8, 4) is 0 Å². The first kappa shape index (κ1) is 26.4. The number of anilines is 1. The molecule has 1 aliphatic rings. The van der Waals surface area contributed by atoms with Gasteiger partial charge in [0.2, 0.25) is 0 Å². The average molecular weight is 464 g/mol. The summed E-state index contributed by atoms with van der Waals surface area (Å²) in [5, 5.41) is 4.98. The molecule has 1 aromatic heterocycles. The molecule has 0 amide bonds. The van der Waals surface area contributed by atoms with Gasteiger partial charge in [-0.3, -0.25) is 9.78 Å². The van der Waals surface area contributed by atoms with Gasteiger partial charge in [-0.05, 0) is 90.7 Å². The van der Waals surface area contributed by atoms with Crippen LogP contribution in [0.25, 0.3) is 10.9 Å². The van der Waals surface area contributed by atoms with Crippen molar-refractivity contribution in [2.45, 2.75) is 65.1 Å². The lowest BCUT2D eigenvalue weighted by Crippen LogP contribution is -2.37. The van der Waals surface area contributed by atoms with E-state index >= 15 is 0 Å². The molecule has 2 heterocycles. The highest BCUT2D eigenvalue weighted by Crippen LogP contribution is 2.31. The third-order valence-electron chi connectivity index (χ3n) is 5.37. The molecule has 1 fully saturated rings. The van der Waals surface area contributed by atoms with E-state index in [1.54, 1.807) is 6.20 Å². The summed E-state index contributed by atoms with van der Waals surface area (Å²) in [5.74, 6) is 0. The van der Waals surface area contributed by atoms with Crippen LogP contribution in [0.3, 0.4) is 0 Å². The van der Waals surface area contributed by atoms with Crippen molar-refractivity contribution < 1.29 is 14.3 Å². The number of pyridine rings is 1. The van der Waals surface area contributed by atoms with E-state index in [-0.39, 0.29) is 5.60 Å². The SMILES string of the molecule is CC(C)(C)OC=O.CNCCCCOC1CCN(c2cc3nccc(Cl)c3cc2C)CC1. The third-order valence-corrected chi connectivity index (χ3v) is 5.69. The quantitative estimate of drug-likeness (QED) is 0.432. The summed E-state index contributed by atoms with van der Waals surface area (Å²) in [5.41, 5.74) is 3.18. The summed E-state index contributed by atoms with van der Waals surface area (Å²) in [4.78, 5) is 16.5. The minimum absolute atomic E-state index is 0.318. The molecular formula is C25H38ClN3O3. The predicted octanol–water partition coefficient (Wildman–Crippen LogP) is 5.14. The van der Waals surface area contributed by atoms with Gasteiger partial charge in [0.25, 0.3) is 6.47 Å². The van der Waals surface area contributed by atoms with Gasteiger partial charge in [-0.15, -0.1) is 0 Å². The second kappa shape index (κ2) is 13.0. The number of hydrogen-bond acceptors (Lipinski definition) is 6. The predicted molar refractivity (Wildman–Crippen MR) is 133 cm³/mol. The highest BCUT2D eigenvalue weighted by Gasteiger charge is 2.21. The first-order chi connectivity index (χ1) is 15.2. The Kier molecular flexibility index (Phi) is 10.7. The molecule has 0 bridgehead atoms. The standard InChI is InChI=1S/C20H28ClN3O.C5H10O2/c1-15-13-17-18(21)5-9-23-19(17)14-20(15)24-10-6-16(7-11-24)25-12-4-3-8-22-2;1-5(2,3)7-4-6/h5,9,13-14,16,22H,3-4,6-8,10-12H2,1-2H3;4H,1-3H3. The molecule has 6 nitrogen and oxygen atoms in total. The van der Waals surface area contributed by atoms with Crippen LogP contribution < -0.4 is 10.2 Å². The van der Waals surface area contributed by atoms with E-state index in [9.17, 15) is 4.79 Å². The lowest BCUT2D eigenvalue weighted by molar-refractivity contribution is -0.138. The van der Waals surface area contributed by atoms with Gasteiger partial charge < -0.3 is 19.7 Å². The van der Waals surface area contributed by atoms with Crippen molar-refractivity contribution in [2.24, 2.45) is 0 Å². The lowest BCUT2D eigenvalue weighted by Gasteiger charge is -2.34. The minimum atomic E-state index is -0.318. The summed E-state index contributed by atoms with van der Waals surface area (Å²) in [7, 11) is 1.99. The van der Waals surface area contributed by atoms with E-state index in [1.807, 2.05) is 33.9 Å². The van der Waals surface area contributed by atoms with Crippen LogP contribution in [0.15, 0.2) is 24.4 Å². The summed E-state index contributed by atoms with van der Waals surface area (Å²) in [6.07, 6.45) is 6.68. The minimum Gasteiger partial charge on any atom is -0.462 e. The smallest absolute Gasteiger partial charge is 0.293 e. The van der Waals surface area contributed by atoms with Gasteiger partial charge >= 0.3 is 0 Å². The van der Waals surface area contributed by atoms with Crippen molar-refractivity contribution in [1.82, 2.24) is 10.3 Å². The maximum atomic E-state index is 9.60. The zero-order valence-corrected chi connectivity index (χ0v) is 20.9. The number of aryl methyl sites for hydroxylation is 1. The zero-order valence-electron chi connectivity index (χ0n) is 20.1. The number of nitrogens with zero attached hydrogens (tertiary/aromatic N) is 2. The van der Waals surface area contributed by atoms with Crippen LogP contribution in [0.1, 0.15) is 52.0 Å². The maximum Gasteiger partial charge on any atom is 0.293 e. The van der Waals surface area contributed by atoms with Crippen molar-refractivity contribution >= 4 is 34.7 Å². The number of ether oxygens (including phenoxy) is 2. The Hall–Kier alpha value is -1.89. The number of aromatic nitrogens is 1. The number of benzene rings is 1. The summed E-state index contributed by atoms with van der Waals surface area (Å²) in [6.45, 7) is 12.1. The number of carbonyl (C=O) groups excluding carboxylic acids is 1. The Labute approximate surface area is 197 Å². The van der Waals surface area contributed by atoms with E-state index in [0.717, 1.165) is 61.4 Å². The number of hydrogen-bond donors (Lipinski definition) is 1. The molecule has 0 saturated carbocycles. The average Bonchev–Trinajstić information content (AvgIpc) is 2.74. The molecule has 2 aromatic rings. The van der Waals surface area contributed by atoms with Crippen LogP contribution in [-0.2, 0) is 14.3 Å². The second-order valence-electron chi connectivity index (χ2n) is 9.14. The molecule has 0 radical (unpaired) electrons. The molecule has 1 saturated heterocycles.